The Balaban J connectivity index is 3.64. The first kappa shape index (κ1) is 21.0. The van der Waals surface area contributed by atoms with Crippen molar-refractivity contribution in [2.75, 3.05) is 0 Å². The van der Waals surface area contributed by atoms with E-state index in [0.29, 0.717) is 0 Å². The van der Waals surface area contributed by atoms with Crippen LogP contribution in [0.15, 0.2) is 0 Å². The Kier molecular flexibility index (Phi) is 18.1. The first-order valence-electron chi connectivity index (χ1n) is 10.1. The summed E-state index contributed by atoms with van der Waals surface area (Å²) in [5.41, 5.74) is 0. The van der Waals surface area contributed by atoms with E-state index in [2.05, 4.69) is 20.8 Å². The molecule has 0 nitrogen and oxygen atoms in total. The highest BCUT2D eigenvalue weighted by molar-refractivity contribution is 4.62. The van der Waals surface area contributed by atoms with Gasteiger partial charge in [0.2, 0.25) is 0 Å². The summed E-state index contributed by atoms with van der Waals surface area (Å²) in [7, 11) is 0. The van der Waals surface area contributed by atoms with E-state index >= 15 is 0 Å². The van der Waals surface area contributed by atoms with Gasteiger partial charge in [-0.1, -0.05) is 130 Å². The van der Waals surface area contributed by atoms with Gasteiger partial charge in [-0.25, -0.2) is 0 Å². The van der Waals surface area contributed by atoms with Crippen LogP contribution >= 0.6 is 0 Å². The smallest absolute Gasteiger partial charge is 0.0414 e. The lowest BCUT2D eigenvalue weighted by atomic mass is 9.89. The van der Waals surface area contributed by atoms with Crippen molar-refractivity contribution in [2.45, 2.75) is 123 Å². The van der Waals surface area contributed by atoms with Gasteiger partial charge in [-0.3, -0.25) is 0 Å². The average molecular weight is 296 g/mol. The average Bonchev–Trinajstić information content (AvgIpc) is 2.50. The van der Waals surface area contributed by atoms with Gasteiger partial charge in [-0.2, -0.15) is 0 Å². The van der Waals surface area contributed by atoms with Gasteiger partial charge in [0.05, 0.1) is 0 Å². The molecule has 0 N–H and O–H groups in total. The second kappa shape index (κ2) is 18.1. The Hall–Kier alpha value is 0. The number of rotatable bonds is 17. The van der Waals surface area contributed by atoms with Crippen LogP contribution in [0.2, 0.25) is 0 Å². The van der Waals surface area contributed by atoms with Crippen molar-refractivity contribution in [1.82, 2.24) is 0 Å². The van der Waals surface area contributed by atoms with Crippen LogP contribution in [0, 0.1) is 12.8 Å². The third-order valence-electron chi connectivity index (χ3n) is 4.79. The number of unbranched alkanes of at least 4 members (excludes halogenated alkanes) is 11. The highest BCUT2D eigenvalue weighted by Crippen LogP contribution is 2.24. The monoisotopic (exact) mass is 295 g/mol. The summed E-state index contributed by atoms with van der Waals surface area (Å²) in [6.45, 7) is 8.59. The minimum absolute atomic E-state index is 1.02. The van der Waals surface area contributed by atoms with Gasteiger partial charge in [0.15, 0.2) is 0 Å². The fourth-order valence-corrected chi connectivity index (χ4v) is 3.29. The Morgan fingerprint density at radius 1 is 0.524 bits per heavy atom. The van der Waals surface area contributed by atoms with Gasteiger partial charge in [-0.05, 0) is 5.92 Å². The zero-order valence-corrected chi connectivity index (χ0v) is 15.3. The van der Waals surface area contributed by atoms with Crippen LogP contribution in [0.3, 0.4) is 0 Å². The van der Waals surface area contributed by atoms with Gasteiger partial charge in [0, 0.05) is 0 Å². The van der Waals surface area contributed by atoms with E-state index < -0.39 is 0 Å². The Labute approximate surface area is 136 Å². The molecule has 0 amide bonds. The fourth-order valence-electron chi connectivity index (χ4n) is 3.29. The van der Waals surface area contributed by atoms with E-state index in [-0.39, 0.29) is 0 Å². The van der Waals surface area contributed by atoms with Crippen molar-refractivity contribution >= 4 is 0 Å². The SMILES string of the molecule is [CH2]CCCCC(CCCCCCC)CCCCCCCC. The van der Waals surface area contributed by atoms with Gasteiger partial charge in [0.25, 0.3) is 0 Å². The first-order valence-corrected chi connectivity index (χ1v) is 10.1. The second-order valence-corrected chi connectivity index (χ2v) is 6.97. The quantitative estimate of drug-likeness (QED) is 0.238. The highest BCUT2D eigenvalue weighted by atomic mass is 14.1. The molecule has 1 unspecified atom stereocenters. The van der Waals surface area contributed by atoms with Crippen molar-refractivity contribution in [3.05, 3.63) is 6.92 Å². The maximum absolute atomic E-state index is 3.98. The molecule has 0 heterocycles. The van der Waals surface area contributed by atoms with Crippen molar-refractivity contribution in [3.63, 3.8) is 0 Å². The van der Waals surface area contributed by atoms with E-state index in [1.54, 1.807) is 0 Å². The number of hydrogen-bond acceptors (Lipinski definition) is 0. The Morgan fingerprint density at radius 2 is 0.905 bits per heavy atom. The summed E-state index contributed by atoms with van der Waals surface area (Å²) < 4.78 is 0. The normalized spacial score (nSPS) is 12.7. The van der Waals surface area contributed by atoms with E-state index in [0.717, 1.165) is 12.3 Å². The molecule has 1 radical (unpaired) electrons. The van der Waals surface area contributed by atoms with Gasteiger partial charge >= 0.3 is 0 Å². The van der Waals surface area contributed by atoms with Crippen LogP contribution in [-0.4, -0.2) is 0 Å². The lowest BCUT2D eigenvalue weighted by molar-refractivity contribution is 0.369. The molecule has 21 heavy (non-hydrogen) atoms. The van der Waals surface area contributed by atoms with E-state index in [9.17, 15) is 0 Å². The molecule has 0 aliphatic carbocycles. The van der Waals surface area contributed by atoms with E-state index in [1.165, 1.54) is 103 Å². The topological polar surface area (TPSA) is 0 Å². The minimum Gasteiger partial charge on any atom is -0.0654 e. The summed E-state index contributed by atoms with van der Waals surface area (Å²) >= 11 is 0. The molecular weight excluding hydrogens is 252 g/mol. The Bertz CT molecular complexity index is 173. The molecule has 0 spiro atoms. The molecule has 0 heteroatoms. The summed E-state index contributed by atoms with van der Waals surface area (Å²) in [5.74, 6) is 1.02. The molecule has 0 saturated heterocycles. The standard InChI is InChI=1S/C21H43/c1-4-7-10-12-14-17-20-21(18-15-9-6-3)19-16-13-11-8-5-2/h21H,3-20H2,1-2H3. The van der Waals surface area contributed by atoms with Crippen molar-refractivity contribution in [3.8, 4) is 0 Å². The summed E-state index contributed by atoms with van der Waals surface area (Å²) in [5, 5.41) is 0. The molecular formula is C21H43. The third kappa shape index (κ3) is 16.2. The van der Waals surface area contributed by atoms with E-state index in [1.807, 2.05) is 0 Å². The first-order chi connectivity index (χ1) is 10.3. The third-order valence-corrected chi connectivity index (χ3v) is 4.79. The lowest BCUT2D eigenvalue weighted by Gasteiger charge is -2.17. The molecule has 0 aliphatic heterocycles. The maximum Gasteiger partial charge on any atom is -0.0414 e. The molecule has 0 saturated carbocycles. The molecule has 127 valence electrons. The molecule has 0 bridgehead atoms. The summed E-state index contributed by atoms with van der Waals surface area (Å²) in [6.07, 6.45) is 24.2. The van der Waals surface area contributed by atoms with Crippen LogP contribution in [-0.2, 0) is 0 Å². The van der Waals surface area contributed by atoms with Gasteiger partial charge in [-0.15, -0.1) is 0 Å². The van der Waals surface area contributed by atoms with Crippen molar-refractivity contribution in [2.24, 2.45) is 5.92 Å². The molecule has 0 aliphatic rings. The molecule has 0 fully saturated rings. The van der Waals surface area contributed by atoms with Crippen LogP contribution in [0.4, 0.5) is 0 Å². The largest absolute Gasteiger partial charge is 0.0654 e. The molecule has 0 aromatic rings. The maximum atomic E-state index is 3.98. The molecule has 0 aromatic heterocycles. The lowest BCUT2D eigenvalue weighted by Crippen LogP contribution is -2.01. The number of hydrogen-bond donors (Lipinski definition) is 0. The van der Waals surface area contributed by atoms with Gasteiger partial charge < -0.3 is 0 Å². The second-order valence-electron chi connectivity index (χ2n) is 6.97. The van der Waals surface area contributed by atoms with Gasteiger partial charge in [0.1, 0.15) is 0 Å². The molecule has 1 atom stereocenters. The van der Waals surface area contributed by atoms with E-state index in [4.69, 9.17) is 0 Å². The predicted octanol–water partition coefficient (Wildman–Crippen LogP) is 8.11. The summed E-state index contributed by atoms with van der Waals surface area (Å²) in [4.78, 5) is 0. The zero-order valence-electron chi connectivity index (χ0n) is 15.3. The predicted molar refractivity (Wildman–Crippen MR) is 98.7 cm³/mol. The highest BCUT2D eigenvalue weighted by Gasteiger charge is 2.08. The van der Waals surface area contributed by atoms with Crippen LogP contribution in [0.25, 0.3) is 0 Å². The fraction of sp³-hybridized carbons (Fsp3) is 0.952. The molecule has 0 rings (SSSR count). The van der Waals surface area contributed by atoms with Crippen LogP contribution in [0.5, 0.6) is 0 Å². The minimum atomic E-state index is 1.02. The van der Waals surface area contributed by atoms with Crippen molar-refractivity contribution in [1.29, 1.82) is 0 Å². The van der Waals surface area contributed by atoms with Crippen molar-refractivity contribution < 1.29 is 0 Å². The molecule has 0 aromatic carbocycles. The van der Waals surface area contributed by atoms with Crippen LogP contribution < -0.4 is 0 Å². The van der Waals surface area contributed by atoms with Crippen LogP contribution in [0.1, 0.15) is 123 Å². The zero-order chi connectivity index (χ0) is 15.6. The summed E-state index contributed by atoms with van der Waals surface area (Å²) in [6, 6.07) is 0. The Morgan fingerprint density at radius 3 is 1.33 bits per heavy atom.